The first-order valence-electron chi connectivity index (χ1n) is 9.97. The molecular formula is C24H27N3O. The number of nitriles is 1. The molecule has 3 rings (SSSR count). The van der Waals surface area contributed by atoms with Gasteiger partial charge in [0.15, 0.2) is 0 Å². The summed E-state index contributed by atoms with van der Waals surface area (Å²) in [5, 5.41) is 18.5. The van der Waals surface area contributed by atoms with E-state index in [0.717, 1.165) is 36.2 Å². The van der Waals surface area contributed by atoms with E-state index in [1.807, 2.05) is 39.0 Å². The summed E-state index contributed by atoms with van der Waals surface area (Å²) >= 11 is 0. The first-order valence-corrected chi connectivity index (χ1v) is 9.97. The molecule has 0 saturated heterocycles. The van der Waals surface area contributed by atoms with Gasteiger partial charge >= 0.3 is 0 Å². The van der Waals surface area contributed by atoms with Gasteiger partial charge in [-0.3, -0.25) is 0 Å². The monoisotopic (exact) mass is 373 g/mol. The van der Waals surface area contributed by atoms with Crippen LogP contribution in [0.15, 0.2) is 46.6 Å². The Bertz CT molecular complexity index is 964. The molecule has 28 heavy (non-hydrogen) atoms. The lowest BCUT2D eigenvalue weighted by Gasteiger charge is -2.12. The van der Waals surface area contributed by atoms with Gasteiger partial charge in [0.05, 0.1) is 23.1 Å². The van der Waals surface area contributed by atoms with Gasteiger partial charge in [0.2, 0.25) is 0 Å². The van der Waals surface area contributed by atoms with Crippen LogP contribution in [0.2, 0.25) is 0 Å². The largest absolute Gasteiger partial charge is 0.490 e. The van der Waals surface area contributed by atoms with E-state index in [0.29, 0.717) is 11.3 Å². The summed E-state index contributed by atoms with van der Waals surface area (Å²) in [7, 11) is 0. The Morgan fingerprint density at radius 1 is 1.18 bits per heavy atom. The third kappa shape index (κ3) is 4.31. The van der Waals surface area contributed by atoms with Crippen LogP contribution < -0.4 is 4.74 Å². The minimum Gasteiger partial charge on any atom is -0.490 e. The van der Waals surface area contributed by atoms with Crippen LogP contribution in [0.25, 0.3) is 0 Å². The molecule has 0 aliphatic heterocycles. The quantitative estimate of drug-likeness (QED) is 0.499. The minimum atomic E-state index is 0.0251. The van der Waals surface area contributed by atoms with Crippen molar-refractivity contribution in [3.63, 3.8) is 0 Å². The van der Waals surface area contributed by atoms with E-state index in [1.54, 1.807) is 0 Å². The average molecular weight is 374 g/mol. The van der Waals surface area contributed by atoms with E-state index in [2.05, 4.69) is 41.4 Å². The van der Waals surface area contributed by atoms with Crippen molar-refractivity contribution in [1.29, 1.82) is 5.26 Å². The normalized spacial score (nSPS) is 14.1. The van der Waals surface area contributed by atoms with Crippen molar-refractivity contribution in [1.82, 2.24) is 0 Å². The lowest BCUT2D eigenvalue weighted by molar-refractivity contribution is 0.241. The first kappa shape index (κ1) is 19.8. The van der Waals surface area contributed by atoms with Crippen LogP contribution in [0.5, 0.6) is 5.75 Å². The van der Waals surface area contributed by atoms with Crippen LogP contribution >= 0.6 is 0 Å². The van der Waals surface area contributed by atoms with Crippen molar-refractivity contribution in [2.45, 2.75) is 59.5 Å². The SMILES string of the molecule is CC/C(=N\N=C(/C)c1cccc2c1CCC2)c1ccc(OC(C)C)c(C#N)c1. The predicted octanol–water partition coefficient (Wildman–Crippen LogP) is 5.46. The molecule has 0 radical (unpaired) electrons. The summed E-state index contributed by atoms with van der Waals surface area (Å²) in [5.74, 6) is 0.608. The Labute approximate surface area is 167 Å². The Kier molecular flexibility index (Phi) is 6.26. The highest BCUT2D eigenvalue weighted by atomic mass is 16.5. The second-order valence-corrected chi connectivity index (χ2v) is 7.37. The highest BCUT2D eigenvalue weighted by molar-refractivity contribution is 6.03. The molecule has 2 aromatic rings. The first-order chi connectivity index (χ1) is 13.5. The summed E-state index contributed by atoms with van der Waals surface area (Å²) in [6.45, 7) is 7.97. The predicted molar refractivity (Wildman–Crippen MR) is 114 cm³/mol. The van der Waals surface area contributed by atoms with Crippen LogP contribution in [-0.4, -0.2) is 17.5 Å². The lowest BCUT2D eigenvalue weighted by Crippen LogP contribution is -2.08. The zero-order valence-electron chi connectivity index (χ0n) is 17.1. The molecule has 0 fully saturated rings. The molecule has 0 bridgehead atoms. The topological polar surface area (TPSA) is 57.7 Å². The molecule has 0 atom stereocenters. The maximum absolute atomic E-state index is 9.47. The average Bonchev–Trinajstić information content (AvgIpc) is 3.17. The summed E-state index contributed by atoms with van der Waals surface area (Å²) in [5.41, 5.74) is 7.28. The van der Waals surface area contributed by atoms with E-state index in [-0.39, 0.29) is 6.10 Å². The molecule has 4 heteroatoms. The van der Waals surface area contributed by atoms with E-state index >= 15 is 0 Å². The fourth-order valence-electron chi connectivity index (χ4n) is 3.63. The minimum absolute atomic E-state index is 0.0251. The van der Waals surface area contributed by atoms with Gasteiger partial charge < -0.3 is 4.74 Å². The standard InChI is InChI=1S/C24H27N3O/c1-5-23(19-12-13-24(28-16(2)3)20(14-19)15-25)27-26-17(4)21-10-6-8-18-9-7-11-22(18)21/h6,8,10,12-14,16H,5,7,9,11H2,1-4H3/b26-17+,27-23+. The van der Waals surface area contributed by atoms with Crippen LogP contribution in [0.4, 0.5) is 0 Å². The number of nitrogens with zero attached hydrogens (tertiary/aromatic N) is 3. The highest BCUT2D eigenvalue weighted by Gasteiger charge is 2.16. The fourth-order valence-corrected chi connectivity index (χ4v) is 3.63. The molecule has 0 N–H and O–H groups in total. The smallest absolute Gasteiger partial charge is 0.137 e. The van der Waals surface area contributed by atoms with E-state index in [1.165, 1.54) is 23.1 Å². The molecule has 0 amide bonds. The third-order valence-electron chi connectivity index (χ3n) is 4.99. The number of hydrogen-bond donors (Lipinski definition) is 0. The molecule has 0 spiro atoms. The van der Waals surface area contributed by atoms with Gasteiger partial charge in [0, 0.05) is 5.56 Å². The van der Waals surface area contributed by atoms with Gasteiger partial charge in [0.25, 0.3) is 0 Å². The van der Waals surface area contributed by atoms with Crippen molar-refractivity contribution in [2.75, 3.05) is 0 Å². The number of rotatable bonds is 6. The molecular weight excluding hydrogens is 346 g/mol. The lowest BCUT2D eigenvalue weighted by atomic mass is 10.0. The second-order valence-electron chi connectivity index (χ2n) is 7.37. The molecule has 0 saturated carbocycles. The van der Waals surface area contributed by atoms with Gasteiger partial charge in [-0.2, -0.15) is 15.5 Å². The van der Waals surface area contributed by atoms with Gasteiger partial charge in [-0.1, -0.05) is 25.1 Å². The fraction of sp³-hybridized carbons (Fsp3) is 0.375. The van der Waals surface area contributed by atoms with E-state index in [4.69, 9.17) is 4.74 Å². The Hall–Kier alpha value is -2.93. The van der Waals surface area contributed by atoms with Gasteiger partial charge in [-0.05, 0) is 81.3 Å². The molecule has 2 aromatic carbocycles. The third-order valence-corrected chi connectivity index (χ3v) is 4.99. The van der Waals surface area contributed by atoms with E-state index in [9.17, 15) is 5.26 Å². The Balaban J connectivity index is 1.91. The van der Waals surface area contributed by atoms with Crippen molar-refractivity contribution in [3.8, 4) is 11.8 Å². The van der Waals surface area contributed by atoms with Gasteiger partial charge in [-0.15, -0.1) is 0 Å². The molecule has 0 heterocycles. The summed E-state index contributed by atoms with van der Waals surface area (Å²) in [6, 6.07) is 14.3. The second kappa shape index (κ2) is 8.84. The molecule has 0 aromatic heterocycles. The molecule has 1 aliphatic carbocycles. The van der Waals surface area contributed by atoms with Crippen molar-refractivity contribution in [2.24, 2.45) is 10.2 Å². The van der Waals surface area contributed by atoms with Crippen molar-refractivity contribution in [3.05, 3.63) is 64.2 Å². The zero-order chi connectivity index (χ0) is 20.1. The number of fused-ring (bicyclic) bond motifs is 1. The number of ether oxygens (including phenoxy) is 1. The maximum Gasteiger partial charge on any atom is 0.137 e. The Morgan fingerprint density at radius 2 is 2.00 bits per heavy atom. The molecule has 1 aliphatic rings. The summed E-state index contributed by atoms with van der Waals surface area (Å²) in [4.78, 5) is 0. The van der Waals surface area contributed by atoms with Crippen LogP contribution in [0, 0.1) is 11.3 Å². The molecule has 144 valence electrons. The maximum atomic E-state index is 9.47. The number of benzene rings is 2. The molecule has 4 nitrogen and oxygen atoms in total. The highest BCUT2D eigenvalue weighted by Crippen LogP contribution is 2.26. The number of hydrogen-bond acceptors (Lipinski definition) is 4. The Morgan fingerprint density at radius 3 is 2.71 bits per heavy atom. The number of aryl methyl sites for hydroxylation is 1. The van der Waals surface area contributed by atoms with Crippen LogP contribution in [-0.2, 0) is 12.8 Å². The van der Waals surface area contributed by atoms with Crippen molar-refractivity contribution < 1.29 is 4.74 Å². The van der Waals surface area contributed by atoms with Crippen LogP contribution in [0.3, 0.4) is 0 Å². The van der Waals surface area contributed by atoms with Crippen LogP contribution in [0.1, 0.15) is 68.4 Å². The molecule has 0 unspecified atom stereocenters. The summed E-state index contributed by atoms with van der Waals surface area (Å²) < 4.78 is 5.71. The van der Waals surface area contributed by atoms with E-state index < -0.39 is 0 Å². The van der Waals surface area contributed by atoms with Gasteiger partial charge in [-0.25, -0.2) is 0 Å². The van der Waals surface area contributed by atoms with Gasteiger partial charge in [0.1, 0.15) is 11.8 Å². The zero-order valence-corrected chi connectivity index (χ0v) is 17.1. The summed E-state index contributed by atoms with van der Waals surface area (Å²) in [6.07, 6.45) is 4.24. The van der Waals surface area contributed by atoms with Crippen molar-refractivity contribution >= 4 is 11.4 Å².